The predicted octanol–water partition coefficient (Wildman–Crippen LogP) is 2.08. The van der Waals surface area contributed by atoms with Gasteiger partial charge in [0, 0.05) is 27.4 Å². The van der Waals surface area contributed by atoms with E-state index in [0.717, 1.165) is 0 Å². The molecular formula is C10H10BrNO5S. The van der Waals surface area contributed by atoms with Crippen LogP contribution < -0.4 is 0 Å². The van der Waals surface area contributed by atoms with E-state index < -0.39 is 26.9 Å². The highest BCUT2D eigenvalue weighted by Crippen LogP contribution is 2.24. The molecule has 0 saturated carbocycles. The minimum Gasteiger partial charge on any atom is -0.480 e. The number of nitro groups is 1. The van der Waals surface area contributed by atoms with Crippen molar-refractivity contribution in [2.24, 2.45) is 0 Å². The lowest BCUT2D eigenvalue weighted by atomic mass is 10.2. The third kappa shape index (κ3) is 3.61. The number of carbonyl (C=O) groups is 1. The molecule has 6 nitrogen and oxygen atoms in total. The molecule has 2 atom stereocenters. The van der Waals surface area contributed by atoms with Crippen molar-refractivity contribution in [1.29, 1.82) is 0 Å². The van der Waals surface area contributed by atoms with Crippen molar-refractivity contribution in [1.82, 2.24) is 0 Å². The Labute approximate surface area is 114 Å². The molecule has 0 aliphatic carbocycles. The molecule has 0 radical (unpaired) electrons. The number of nitrogens with zero attached hydrogens (tertiary/aromatic N) is 1. The van der Waals surface area contributed by atoms with Gasteiger partial charge in [-0.3, -0.25) is 19.1 Å². The van der Waals surface area contributed by atoms with Gasteiger partial charge in [-0.2, -0.15) is 0 Å². The number of hydrogen-bond acceptors (Lipinski definition) is 4. The third-order valence-corrected chi connectivity index (χ3v) is 4.61. The summed E-state index contributed by atoms with van der Waals surface area (Å²) in [6.45, 7) is 1.36. The van der Waals surface area contributed by atoms with Crippen molar-refractivity contribution in [2.75, 3.05) is 0 Å². The first-order valence-corrected chi connectivity index (χ1v) is 7.03. The molecule has 0 aliphatic heterocycles. The van der Waals surface area contributed by atoms with Gasteiger partial charge in [0.05, 0.1) is 10.7 Å². The number of rotatable bonds is 5. The number of non-ortho nitro benzene ring substituents is 1. The summed E-state index contributed by atoms with van der Waals surface area (Å²) in [6, 6.07) is 4.06. The molecule has 1 aromatic rings. The van der Waals surface area contributed by atoms with Crippen molar-refractivity contribution in [2.45, 2.75) is 17.9 Å². The monoisotopic (exact) mass is 335 g/mol. The second-order valence-corrected chi connectivity index (χ2v) is 6.15. The van der Waals surface area contributed by atoms with E-state index >= 15 is 0 Å². The number of hydrogen-bond donors (Lipinski definition) is 1. The molecule has 0 aromatic heterocycles. The van der Waals surface area contributed by atoms with Gasteiger partial charge in [-0.05, 0) is 12.5 Å². The van der Waals surface area contributed by atoms with E-state index in [4.69, 9.17) is 5.11 Å². The van der Waals surface area contributed by atoms with Crippen molar-refractivity contribution in [3.63, 3.8) is 0 Å². The zero-order valence-corrected chi connectivity index (χ0v) is 11.7. The summed E-state index contributed by atoms with van der Waals surface area (Å²) in [6.07, 6.45) is 0. The van der Waals surface area contributed by atoms with Crippen LogP contribution in [0.5, 0.6) is 0 Å². The first kappa shape index (κ1) is 14.8. The van der Waals surface area contributed by atoms with E-state index in [0.29, 0.717) is 10.0 Å². The summed E-state index contributed by atoms with van der Waals surface area (Å²) in [5.74, 6) is -1.10. The molecule has 98 valence electrons. The van der Waals surface area contributed by atoms with E-state index in [1.807, 2.05) is 0 Å². The van der Waals surface area contributed by atoms with Crippen molar-refractivity contribution >= 4 is 38.4 Å². The SMILES string of the molecule is CC(C(=O)O)S(=O)Cc1ccc([N+](=O)[O-])cc1Br. The van der Waals surface area contributed by atoms with E-state index in [2.05, 4.69) is 15.9 Å². The first-order chi connectivity index (χ1) is 8.32. The second-order valence-electron chi connectivity index (χ2n) is 3.54. The molecular weight excluding hydrogens is 326 g/mol. The van der Waals surface area contributed by atoms with E-state index in [1.54, 1.807) is 0 Å². The molecule has 1 aromatic carbocycles. The average Bonchev–Trinajstić information content (AvgIpc) is 2.30. The van der Waals surface area contributed by atoms with Gasteiger partial charge in [0.25, 0.3) is 5.69 Å². The number of carboxylic acids is 1. The fraction of sp³-hybridized carbons (Fsp3) is 0.300. The Morgan fingerprint density at radius 1 is 1.61 bits per heavy atom. The highest BCUT2D eigenvalue weighted by atomic mass is 79.9. The number of carboxylic acid groups (broad SMARTS) is 1. The van der Waals surface area contributed by atoms with Crippen LogP contribution in [0.3, 0.4) is 0 Å². The number of benzene rings is 1. The standard InChI is InChI=1S/C10H10BrNO5S/c1-6(10(13)14)18(17)5-7-2-3-8(12(15)16)4-9(7)11/h2-4,6H,5H2,1H3,(H,13,14). The number of aliphatic carboxylic acids is 1. The van der Waals surface area contributed by atoms with Crippen LogP contribution in [0.2, 0.25) is 0 Å². The Morgan fingerprint density at radius 3 is 2.67 bits per heavy atom. The zero-order valence-electron chi connectivity index (χ0n) is 9.33. The molecule has 0 fully saturated rings. The van der Waals surface area contributed by atoms with E-state index in [9.17, 15) is 19.1 Å². The molecule has 2 unspecified atom stereocenters. The van der Waals surface area contributed by atoms with Gasteiger partial charge in [-0.1, -0.05) is 22.0 Å². The third-order valence-electron chi connectivity index (χ3n) is 2.29. The summed E-state index contributed by atoms with van der Waals surface area (Å²) in [5, 5.41) is 18.3. The first-order valence-electron chi connectivity index (χ1n) is 4.85. The van der Waals surface area contributed by atoms with Crippen LogP contribution in [0.1, 0.15) is 12.5 Å². The Kier molecular flexibility index (Phi) is 4.97. The summed E-state index contributed by atoms with van der Waals surface area (Å²) in [4.78, 5) is 20.7. The number of halogens is 1. The van der Waals surface area contributed by atoms with Crippen LogP contribution in [0.25, 0.3) is 0 Å². The molecule has 1 N–H and O–H groups in total. The summed E-state index contributed by atoms with van der Waals surface area (Å²) < 4.78 is 12.1. The lowest BCUT2D eigenvalue weighted by Crippen LogP contribution is -2.22. The van der Waals surface area contributed by atoms with Gasteiger partial charge in [-0.25, -0.2) is 0 Å². The fourth-order valence-electron chi connectivity index (χ4n) is 1.16. The minimum absolute atomic E-state index is 0.0338. The highest BCUT2D eigenvalue weighted by Gasteiger charge is 2.20. The van der Waals surface area contributed by atoms with Crippen LogP contribution in [-0.2, 0) is 21.3 Å². The topological polar surface area (TPSA) is 97.5 Å². The van der Waals surface area contributed by atoms with Gasteiger partial charge in [0.2, 0.25) is 0 Å². The Bertz CT molecular complexity index is 519. The molecule has 18 heavy (non-hydrogen) atoms. The van der Waals surface area contributed by atoms with E-state index in [-0.39, 0.29) is 11.4 Å². The largest absolute Gasteiger partial charge is 0.480 e. The lowest BCUT2D eigenvalue weighted by Gasteiger charge is -2.08. The van der Waals surface area contributed by atoms with Crippen LogP contribution in [-0.4, -0.2) is 25.5 Å². The molecule has 0 spiro atoms. The van der Waals surface area contributed by atoms with Crippen molar-refractivity contribution in [3.8, 4) is 0 Å². The van der Waals surface area contributed by atoms with Crippen molar-refractivity contribution < 1.29 is 19.0 Å². The fourth-order valence-corrected chi connectivity index (χ4v) is 2.88. The maximum atomic E-state index is 11.7. The average molecular weight is 336 g/mol. The van der Waals surface area contributed by atoms with Crippen LogP contribution in [0, 0.1) is 10.1 Å². The van der Waals surface area contributed by atoms with Gasteiger partial charge in [0.15, 0.2) is 0 Å². The summed E-state index contributed by atoms with van der Waals surface area (Å²) >= 11 is 3.14. The van der Waals surface area contributed by atoms with Gasteiger partial charge in [-0.15, -0.1) is 0 Å². The molecule has 0 amide bonds. The van der Waals surface area contributed by atoms with Crippen LogP contribution in [0.4, 0.5) is 5.69 Å². The summed E-state index contributed by atoms with van der Waals surface area (Å²) in [7, 11) is -1.57. The van der Waals surface area contributed by atoms with E-state index in [1.165, 1.54) is 25.1 Å². The maximum Gasteiger partial charge on any atom is 0.318 e. The smallest absolute Gasteiger partial charge is 0.318 e. The normalized spacial score (nSPS) is 13.9. The van der Waals surface area contributed by atoms with Gasteiger partial charge in [0.1, 0.15) is 5.25 Å². The van der Waals surface area contributed by atoms with Gasteiger partial charge >= 0.3 is 5.97 Å². The molecule has 0 heterocycles. The van der Waals surface area contributed by atoms with Crippen LogP contribution >= 0.6 is 15.9 Å². The predicted molar refractivity (Wildman–Crippen MR) is 69.7 cm³/mol. The Hall–Kier alpha value is -1.28. The zero-order chi connectivity index (χ0) is 13.9. The molecule has 1 rings (SSSR count). The van der Waals surface area contributed by atoms with Crippen molar-refractivity contribution in [3.05, 3.63) is 38.3 Å². The Balaban J connectivity index is 2.89. The minimum atomic E-state index is -1.57. The molecule has 8 heteroatoms. The van der Waals surface area contributed by atoms with Gasteiger partial charge < -0.3 is 5.11 Å². The summed E-state index contributed by atoms with van der Waals surface area (Å²) in [5.41, 5.74) is 0.495. The Morgan fingerprint density at radius 2 is 2.22 bits per heavy atom. The second kappa shape index (κ2) is 6.05. The maximum absolute atomic E-state index is 11.7. The van der Waals surface area contributed by atoms with Crippen LogP contribution in [0.15, 0.2) is 22.7 Å². The number of nitro benzene ring substituents is 1. The lowest BCUT2D eigenvalue weighted by molar-refractivity contribution is -0.384. The molecule has 0 bridgehead atoms. The molecule has 0 aliphatic rings. The highest BCUT2D eigenvalue weighted by molar-refractivity contribution is 9.10. The quantitative estimate of drug-likeness (QED) is 0.656. The molecule has 0 saturated heterocycles.